The van der Waals surface area contributed by atoms with Gasteiger partial charge >= 0.3 is 0 Å². The molecule has 0 bridgehead atoms. The molecule has 0 aliphatic carbocycles. The normalized spacial score (nSPS) is 14.4. The molecule has 5 heteroatoms. The van der Waals surface area contributed by atoms with Gasteiger partial charge in [0.15, 0.2) is 11.5 Å². The van der Waals surface area contributed by atoms with Crippen LogP contribution >= 0.6 is 46.6 Å². The summed E-state index contributed by atoms with van der Waals surface area (Å²) in [6.07, 6.45) is 1.93. The highest BCUT2D eigenvalue weighted by atomic mass is 127. The third kappa shape index (κ3) is 6.81. The highest BCUT2D eigenvalue weighted by Crippen LogP contribution is 2.37. The number of aryl methyl sites for hydroxylation is 1. The van der Waals surface area contributed by atoms with E-state index in [1.165, 1.54) is 25.8 Å². The minimum Gasteiger partial charge on any atom is -0.485 e. The zero-order valence-corrected chi connectivity index (χ0v) is 24.9. The summed E-state index contributed by atoms with van der Waals surface area (Å²) in [5.41, 5.74) is 7.60. The Kier molecular flexibility index (Phi) is 9.67. The lowest BCUT2D eigenvalue weighted by atomic mass is 9.89. The summed E-state index contributed by atoms with van der Waals surface area (Å²) >= 11 is 2.43. The number of benzene rings is 4. The fourth-order valence-electron chi connectivity index (χ4n) is 4.53. The Morgan fingerprint density at radius 3 is 2.00 bits per heavy atom. The van der Waals surface area contributed by atoms with Crippen LogP contribution in [0.2, 0.25) is 0 Å². The van der Waals surface area contributed by atoms with Crippen LogP contribution in [0.25, 0.3) is 0 Å². The Hall–Kier alpha value is -2.10. The van der Waals surface area contributed by atoms with Crippen LogP contribution in [0.5, 0.6) is 11.5 Å². The molecule has 1 atom stereocenters. The minimum absolute atomic E-state index is 0. The van der Waals surface area contributed by atoms with Crippen LogP contribution in [0.4, 0.5) is 0 Å². The molecule has 0 radical (unpaired) electrons. The molecule has 36 heavy (non-hydrogen) atoms. The molecule has 0 saturated carbocycles. The smallest absolute Gasteiger partial charge is 0.162 e. The Morgan fingerprint density at radius 2 is 1.39 bits per heavy atom. The van der Waals surface area contributed by atoms with Crippen molar-refractivity contribution in [2.75, 3.05) is 6.54 Å². The van der Waals surface area contributed by atoms with Gasteiger partial charge < -0.3 is 14.8 Å². The van der Waals surface area contributed by atoms with Crippen molar-refractivity contribution in [3.63, 3.8) is 0 Å². The Bertz CT molecular complexity index is 1280. The van der Waals surface area contributed by atoms with Gasteiger partial charge in [-0.1, -0.05) is 72.8 Å². The van der Waals surface area contributed by atoms with Crippen LogP contribution in [-0.2, 0) is 26.1 Å². The van der Waals surface area contributed by atoms with Gasteiger partial charge in [-0.05, 0) is 100 Å². The van der Waals surface area contributed by atoms with Gasteiger partial charge in [0.05, 0.1) is 0 Å². The van der Waals surface area contributed by atoms with Gasteiger partial charge in [0, 0.05) is 9.61 Å². The lowest BCUT2D eigenvalue weighted by Crippen LogP contribution is -2.31. The number of fused-ring (bicyclic) bond motifs is 1. The number of hydrogen-bond acceptors (Lipinski definition) is 3. The highest BCUT2D eigenvalue weighted by Gasteiger charge is 2.23. The van der Waals surface area contributed by atoms with Gasteiger partial charge in [0.25, 0.3) is 0 Å². The second kappa shape index (κ2) is 12.9. The van der Waals surface area contributed by atoms with E-state index in [2.05, 4.69) is 89.4 Å². The highest BCUT2D eigenvalue weighted by molar-refractivity contribution is 14.1. The number of nitrogens with one attached hydrogen (secondary N) is 1. The van der Waals surface area contributed by atoms with E-state index in [-0.39, 0.29) is 30.0 Å². The van der Waals surface area contributed by atoms with E-state index < -0.39 is 0 Å². The molecule has 1 heterocycles. The van der Waals surface area contributed by atoms with Gasteiger partial charge in [0.2, 0.25) is 0 Å². The van der Waals surface area contributed by atoms with Crippen LogP contribution in [0.1, 0.15) is 39.4 Å². The molecule has 5 rings (SSSR count). The fourth-order valence-corrected chi connectivity index (χ4v) is 5.11. The number of halogens is 2. The Labute approximate surface area is 244 Å². The van der Waals surface area contributed by atoms with E-state index in [9.17, 15) is 0 Å². The van der Waals surface area contributed by atoms with E-state index in [1.54, 1.807) is 0 Å². The van der Waals surface area contributed by atoms with Crippen LogP contribution in [0.15, 0.2) is 91.0 Å². The van der Waals surface area contributed by atoms with Crippen LogP contribution in [0, 0.1) is 10.5 Å². The number of hydrogen-bond donors (Lipinski definition) is 1. The summed E-state index contributed by atoms with van der Waals surface area (Å²) in [7, 11) is 0. The standard InChI is InChI=1S/C31H30INO2.HI/c1-22-12-13-25(16-28(22)32)17-29-27-19-31(35-21-24-10-6-3-7-11-24)30(18-26(27)14-15-33-29)34-20-23-8-4-2-5-9-23;/h2-13,16,18-19,29,33H,14-15,17,20-21H2,1H3;1H. The molecular weight excluding hydrogens is 672 g/mol. The van der Waals surface area contributed by atoms with E-state index >= 15 is 0 Å². The molecule has 0 fully saturated rings. The zero-order chi connectivity index (χ0) is 24.0. The summed E-state index contributed by atoms with van der Waals surface area (Å²) in [6.45, 7) is 4.15. The monoisotopic (exact) mass is 703 g/mol. The van der Waals surface area contributed by atoms with Gasteiger partial charge in [0.1, 0.15) is 13.2 Å². The third-order valence-electron chi connectivity index (χ3n) is 6.52. The lowest BCUT2D eigenvalue weighted by Gasteiger charge is -2.29. The molecule has 0 saturated heterocycles. The van der Waals surface area contributed by atoms with E-state index in [0.717, 1.165) is 42.0 Å². The van der Waals surface area contributed by atoms with Gasteiger partial charge in [-0.3, -0.25) is 0 Å². The van der Waals surface area contributed by atoms with Crippen molar-refractivity contribution in [2.24, 2.45) is 0 Å². The van der Waals surface area contributed by atoms with E-state index in [4.69, 9.17) is 9.47 Å². The van der Waals surface area contributed by atoms with Gasteiger partial charge in [-0.2, -0.15) is 0 Å². The summed E-state index contributed by atoms with van der Waals surface area (Å²) in [5.74, 6) is 1.62. The average Bonchev–Trinajstić information content (AvgIpc) is 2.89. The van der Waals surface area contributed by atoms with Crippen molar-refractivity contribution in [3.05, 3.63) is 128 Å². The molecule has 1 aliphatic rings. The van der Waals surface area contributed by atoms with E-state index in [1.807, 2.05) is 36.4 Å². The predicted octanol–water partition coefficient (Wildman–Crippen LogP) is 7.81. The van der Waals surface area contributed by atoms with Crippen molar-refractivity contribution in [2.45, 2.75) is 39.0 Å². The minimum atomic E-state index is 0. The van der Waals surface area contributed by atoms with Crippen molar-refractivity contribution in [1.29, 1.82) is 0 Å². The first-order valence-corrected chi connectivity index (χ1v) is 13.2. The van der Waals surface area contributed by atoms with Crippen LogP contribution < -0.4 is 14.8 Å². The van der Waals surface area contributed by atoms with Crippen molar-refractivity contribution < 1.29 is 9.47 Å². The molecule has 1 unspecified atom stereocenters. The Morgan fingerprint density at radius 1 is 0.778 bits per heavy atom. The molecule has 1 N–H and O–H groups in total. The largest absolute Gasteiger partial charge is 0.485 e. The Balaban J connectivity index is 0.00000304. The molecule has 186 valence electrons. The molecule has 0 spiro atoms. The number of ether oxygens (including phenoxy) is 2. The maximum absolute atomic E-state index is 6.36. The van der Waals surface area contributed by atoms with Crippen LogP contribution in [-0.4, -0.2) is 6.54 Å². The van der Waals surface area contributed by atoms with Crippen molar-refractivity contribution in [3.8, 4) is 11.5 Å². The molecule has 1 aliphatic heterocycles. The third-order valence-corrected chi connectivity index (χ3v) is 7.68. The molecular formula is C31H31I2NO2. The van der Waals surface area contributed by atoms with Gasteiger partial charge in [-0.15, -0.1) is 24.0 Å². The first kappa shape index (κ1) is 26.9. The molecule has 4 aromatic carbocycles. The lowest BCUT2D eigenvalue weighted by molar-refractivity contribution is 0.254. The SMILES string of the molecule is Cc1ccc(CC2NCCc3cc(OCc4ccccc4)c(OCc4ccccc4)cc32)cc1I.I. The van der Waals surface area contributed by atoms with E-state index in [0.29, 0.717) is 13.2 Å². The van der Waals surface area contributed by atoms with Crippen molar-refractivity contribution in [1.82, 2.24) is 5.32 Å². The maximum atomic E-state index is 6.36. The second-order valence-electron chi connectivity index (χ2n) is 9.09. The summed E-state index contributed by atoms with van der Waals surface area (Å²) in [6, 6.07) is 32.0. The maximum Gasteiger partial charge on any atom is 0.162 e. The zero-order valence-electron chi connectivity index (χ0n) is 20.4. The predicted molar refractivity (Wildman–Crippen MR) is 165 cm³/mol. The quantitative estimate of drug-likeness (QED) is 0.190. The van der Waals surface area contributed by atoms with Gasteiger partial charge in [-0.25, -0.2) is 0 Å². The second-order valence-corrected chi connectivity index (χ2v) is 10.3. The summed E-state index contributed by atoms with van der Waals surface area (Å²) in [4.78, 5) is 0. The first-order chi connectivity index (χ1) is 17.2. The summed E-state index contributed by atoms with van der Waals surface area (Å²) < 4.78 is 14.0. The first-order valence-electron chi connectivity index (χ1n) is 12.1. The molecule has 3 nitrogen and oxygen atoms in total. The summed E-state index contributed by atoms with van der Waals surface area (Å²) in [5, 5.41) is 3.74. The topological polar surface area (TPSA) is 30.5 Å². The molecule has 0 amide bonds. The van der Waals surface area contributed by atoms with Crippen LogP contribution in [0.3, 0.4) is 0 Å². The fraction of sp³-hybridized carbons (Fsp3) is 0.226. The molecule has 0 aromatic heterocycles. The van der Waals surface area contributed by atoms with Crippen molar-refractivity contribution >= 4 is 46.6 Å². The molecule has 4 aromatic rings. The number of rotatable bonds is 8. The average molecular weight is 703 g/mol.